The Morgan fingerprint density at radius 3 is 1.87 bits per heavy atom. The van der Waals surface area contributed by atoms with Gasteiger partial charge in [0.15, 0.2) is 0 Å². The molecule has 0 spiro atoms. The largest absolute Gasteiger partial charge is 0.287 e. The minimum absolute atomic E-state index is 0.128. The Bertz CT molecular complexity index is 825. The molecule has 0 heterocycles. The number of para-hydroxylation sites is 1. The van der Waals surface area contributed by atoms with E-state index < -0.39 is 0 Å². The number of aliphatic imine (C=N–C) groups is 1. The molecule has 3 heteroatoms. The van der Waals surface area contributed by atoms with Crippen LogP contribution in [-0.2, 0) is 0 Å². The van der Waals surface area contributed by atoms with Crippen LogP contribution in [0.5, 0.6) is 0 Å². The van der Waals surface area contributed by atoms with Crippen LogP contribution in [0.15, 0.2) is 89.9 Å². The molecule has 0 aliphatic carbocycles. The average Bonchev–Trinajstić information content (AvgIpc) is 2.61. The molecular formula is C20H14ClNO. The van der Waals surface area contributed by atoms with Crippen LogP contribution in [0.1, 0.15) is 15.9 Å². The number of Topliss-reactive ketones (excluding diaryl/α,β-unsaturated/α-hetero) is 1. The summed E-state index contributed by atoms with van der Waals surface area (Å²) in [7, 11) is 0. The Morgan fingerprint density at radius 2 is 1.26 bits per heavy atom. The van der Waals surface area contributed by atoms with E-state index in [4.69, 9.17) is 11.6 Å². The van der Waals surface area contributed by atoms with E-state index in [2.05, 4.69) is 4.99 Å². The summed E-state index contributed by atoms with van der Waals surface area (Å²) in [5.41, 5.74) is 2.51. The predicted octanol–water partition coefficient (Wildman–Crippen LogP) is 5.34. The number of benzene rings is 3. The maximum absolute atomic E-state index is 12.9. The number of rotatable bonds is 4. The normalized spacial score (nSPS) is 11.3. The number of carbonyl (C=O) groups is 1. The fourth-order valence-corrected chi connectivity index (χ4v) is 2.34. The van der Waals surface area contributed by atoms with Gasteiger partial charge < -0.3 is 0 Å². The molecule has 0 aliphatic heterocycles. The lowest BCUT2D eigenvalue weighted by Gasteiger charge is -2.07. The first-order valence-electron chi connectivity index (χ1n) is 7.23. The first-order valence-corrected chi connectivity index (χ1v) is 7.61. The smallest absolute Gasteiger partial charge is 0.211 e. The van der Waals surface area contributed by atoms with Crippen molar-refractivity contribution in [2.75, 3.05) is 0 Å². The van der Waals surface area contributed by atoms with Crippen LogP contribution in [0.2, 0.25) is 5.02 Å². The second kappa shape index (κ2) is 7.03. The van der Waals surface area contributed by atoms with Gasteiger partial charge in [0.25, 0.3) is 0 Å². The van der Waals surface area contributed by atoms with E-state index in [9.17, 15) is 4.79 Å². The minimum Gasteiger partial charge on any atom is -0.287 e. The number of carbonyl (C=O) groups excluding carboxylic acids is 1. The molecule has 112 valence electrons. The fraction of sp³-hybridized carbons (Fsp3) is 0. The van der Waals surface area contributed by atoms with E-state index in [0.717, 1.165) is 11.3 Å². The van der Waals surface area contributed by atoms with E-state index in [0.29, 0.717) is 16.3 Å². The molecule has 3 aromatic rings. The van der Waals surface area contributed by atoms with Gasteiger partial charge in [-0.15, -0.1) is 0 Å². The third-order valence-electron chi connectivity index (χ3n) is 3.37. The summed E-state index contributed by atoms with van der Waals surface area (Å²) in [6.07, 6.45) is 0. The molecular weight excluding hydrogens is 306 g/mol. The molecule has 0 aromatic heterocycles. The van der Waals surface area contributed by atoms with Crippen molar-refractivity contribution in [3.05, 3.63) is 101 Å². The van der Waals surface area contributed by atoms with Gasteiger partial charge in [-0.25, -0.2) is 4.99 Å². The fourth-order valence-electron chi connectivity index (χ4n) is 2.21. The summed E-state index contributed by atoms with van der Waals surface area (Å²) in [6.45, 7) is 0. The molecule has 0 fully saturated rings. The third-order valence-corrected chi connectivity index (χ3v) is 3.62. The SMILES string of the molecule is O=C(C(=Nc1ccccc1)c1ccccc1)c1ccc(Cl)cc1. The lowest BCUT2D eigenvalue weighted by molar-refractivity contribution is 0.106. The van der Waals surface area contributed by atoms with Crippen molar-refractivity contribution in [3.8, 4) is 0 Å². The molecule has 2 nitrogen and oxygen atoms in total. The zero-order valence-corrected chi connectivity index (χ0v) is 13.1. The number of halogens is 1. The summed E-state index contributed by atoms with van der Waals surface area (Å²) >= 11 is 5.90. The average molecular weight is 320 g/mol. The molecule has 0 aliphatic rings. The maximum Gasteiger partial charge on any atom is 0.211 e. The first-order chi connectivity index (χ1) is 11.2. The van der Waals surface area contributed by atoms with Crippen molar-refractivity contribution in [1.29, 1.82) is 0 Å². The van der Waals surface area contributed by atoms with E-state index in [1.807, 2.05) is 60.7 Å². The van der Waals surface area contributed by atoms with Gasteiger partial charge >= 0.3 is 0 Å². The van der Waals surface area contributed by atoms with Crippen LogP contribution in [0.3, 0.4) is 0 Å². The quantitative estimate of drug-likeness (QED) is 0.471. The molecule has 0 radical (unpaired) electrons. The highest BCUT2D eigenvalue weighted by Gasteiger charge is 2.16. The van der Waals surface area contributed by atoms with Gasteiger partial charge in [-0.2, -0.15) is 0 Å². The second-order valence-corrected chi connectivity index (χ2v) is 5.43. The number of hydrogen-bond acceptors (Lipinski definition) is 2. The molecule has 0 amide bonds. The Morgan fingerprint density at radius 1 is 0.696 bits per heavy atom. The van der Waals surface area contributed by atoms with E-state index in [1.165, 1.54) is 0 Å². The van der Waals surface area contributed by atoms with E-state index in [-0.39, 0.29) is 5.78 Å². The Hall–Kier alpha value is -2.71. The topological polar surface area (TPSA) is 29.4 Å². The summed E-state index contributed by atoms with van der Waals surface area (Å²) in [6, 6.07) is 25.8. The van der Waals surface area contributed by atoms with Crippen molar-refractivity contribution in [1.82, 2.24) is 0 Å². The molecule has 3 rings (SSSR count). The van der Waals surface area contributed by atoms with Crippen LogP contribution >= 0.6 is 11.6 Å². The summed E-state index contributed by atoms with van der Waals surface area (Å²) < 4.78 is 0. The van der Waals surface area contributed by atoms with Gasteiger partial charge in [-0.3, -0.25) is 4.79 Å². The molecule has 0 unspecified atom stereocenters. The van der Waals surface area contributed by atoms with Gasteiger partial charge in [0, 0.05) is 16.1 Å². The molecule has 3 aromatic carbocycles. The molecule has 0 saturated heterocycles. The van der Waals surface area contributed by atoms with Gasteiger partial charge in [0.05, 0.1) is 5.69 Å². The van der Waals surface area contributed by atoms with Gasteiger partial charge in [-0.05, 0) is 36.4 Å². The molecule has 0 atom stereocenters. The van der Waals surface area contributed by atoms with E-state index >= 15 is 0 Å². The summed E-state index contributed by atoms with van der Waals surface area (Å²) in [5, 5.41) is 0.600. The second-order valence-electron chi connectivity index (χ2n) is 5.00. The Kier molecular flexibility index (Phi) is 4.65. The summed E-state index contributed by atoms with van der Waals surface area (Å²) in [5.74, 6) is -0.128. The highest BCUT2D eigenvalue weighted by molar-refractivity contribution is 6.51. The van der Waals surface area contributed by atoms with Crippen LogP contribution in [0.4, 0.5) is 5.69 Å². The van der Waals surface area contributed by atoms with Crippen molar-refractivity contribution in [3.63, 3.8) is 0 Å². The van der Waals surface area contributed by atoms with Crippen LogP contribution in [0, 0.1) is 0 Å². The van der Waals surface area contributed by atoms with Gasteiger partial charge in [0.2, 0.25) is 5.78 Å². The molecule has 0 N–H and O–H groups in total. The number of hydrogen-bond donors (Lipinski definition) is 0. The van der Waals surface area contributed by atoms with Crippen molar-refractivity contribution >= 4 is 28.8 Å². The Labute approximate surface area is 140 Å². The van der Waals surface area contributed by atoms with Crippen molar-refractivity contribution < 1.29 is 4.79 Å². The van der Waals surface area contributed by atoms with Crippen molar-refractivity contribution in [2.24, 2.45) is 4.99 Å². The highest BCUT2D eigenvalue weighted by atomic mass is 35.5. The number of nitrogens with zero attached hydrogens (tertiary/aromatic N) is 1. The minimum atomic E-state index is -0.128. The molecule has 0 saturated carbocycles. The lowest BCUT2D eigenvalue weighted by Crippen LogP contribution is -2.15. The highest BCUT2D eigenvalue weighted by Crippen LogP contribution is 2.17. The zero-order chi connectivity index (χ0) is 16.1. The number of ketones is 1. The van der Waals surface area contributed by atoms with E-state index in [1.54, 1.807) is 24.3 Å². The summed E-state index contributed by atoms with van der Waals surface area (Å²) in [4.78, 5) is 17.4. The van der Waals surface area contributed by atoms with Crippen LogP contribution in [-0.4, -0.2) is 11.5 Å². The Balaban J connectivity index is 2.07. The predicted molar refractivity (Wildman–Crippen MR) is 94.9 cm³/mol. The molecule has 23 heavy (non-hydrogen) atoms. The standard InChI is InChI=1S/C20H14ClNO/c21-17-13-11-16(12-14-17)20(23)19(15-7-3-1-4-8-15)22-18-9-5-2-6-10-18/h1-14H. The monoisotopic (exact) mass is 319 g/mol. The van der Waals surface area contributed by atoms with Gasteiger partial charge in [0.1, 0.15) is 5.71 Å². The van der Waals surface area contributed by atoms with Crippen LogP contribution in [0.25, 0.3) is 0 Å². The van der Waals surface area contributed by atoms with Crippen molar-refractivity contribution in [2.45, 2.75) is 0 Å². The zero-order valence-electron chi connectivity index (χ0n) is 12.3. The molecule has 0 bridgehead atoms. The lowest BCUT2D eigenvalue weighted by atomic mass is 10.0. The van der Waals surface area contributed by atoms with Crippen LogP contribution < -0.4 is 0 Å². The van der Waals surface area contributed by atoms with Gasteiger partial charge in [-0.1, -0.05) is 60.1 Å². The maximum atomic E-state index is 12.9. The first kappa shape index (κ1) is 15.2. The third kappa shape index (κ3) is 3.74.